The van der Waals surface area contributed by atoms with Gasteiger partial charge >= 0.3 is 0 Å². The number of benzene rings is 2. The molecule has 5 nitrogen and oxygen atoms in total. The van der Waals surface area contributed by atoms with E-state index in [1.54, 1.807) is 17.0 Å². The second kappa shape index (κ2) is 7.94. The summed E-state index contributed by atoms with van der Waals surface area (Å²) in [5.74, 6) is 0.857. The predicted molar refractivity (Wildman–Crippen MR) is 98.2 cm³/mol. The van der Waals surface area contributed by atoms with Gasteiger partial charge in [-0.3, -0.25) is 9.36 Å². The molecule has 0 bridgehead atoms. The third-order valence-electron chi connectivity index (χ3n) is 3.90. The monoisotopic (exact) mass is 338 g/mol. The number of hydrogen-bond donors (Lipinski definition) is 0. The fraction of sp³-hybridized carbons (Fsp3) is 0.300. The van der Waals surface area contributed by atoms with Gasteiger partial charge < -0.3 is 9.47 Å². The van der Waals surface area contributed by atoms with E-state index < -0.39 is 0 Å². The van der Waals surface area contributed by atoms with Gasteiger partial charge in [-0.25, -0.2) is 4.98 Å². The van der Waals surface area contributed by atoms with E-state index in [-0.39, 0.29) is 5.56 Å². The van der Waals surface area contributed by atoms with Crippen LogP contribution in [0.5, 0.6) is 5.75 Å². The molecule has 0 aliphatic carbocycles. The summed E-state index contributed by atoms with van der Waals surface area (Å²) in [6, 6.07) is 13.5. The van der Waals surface area contributed by atoms with E-state index >= 15 is 0 Å². The fourth-order valence-electron chi connectivity index (χ4n) is 2.77. The first kappa shape index (κ1) is 17.2. The maximum atomic E-state index is 12.3. The fourth-order valence-corrected chi connectivity index (χ4v) is 2.77. The van der Waals surface area contributed by atoms with Crippen LogP contribution in [0.15, 0.2) is 53.6 Å². The van der Waals surface area contributed by atoms with E-state index in [9.17, 15) is 4.79 Å². The Morgan fingerprint density at radius 2 is 1.76 bits per heavy atom. The molecule has 0 atom stereocenters. The summed E-state index contributed by atoms with van der Waals surface area (Å²) in [4.78, 5) is 16.6. The number of rotatable bonds is 7. The zero-order valence-corrected chi connectivity index (χ0v) is 14.6. The largest absolute Gasteiger partial charge is 0.491 e. The molecule has 130 valence electrons. The zero-order chi connectivity index (χ0) is 17.6. The topological polar surface area (TPSA) is 53.4 Å². The van der Waals surface area contributed by atoms with Crippen molar-refractivity contribution in [2.75, 3.05) is 19.8 Å². The van der Waals surface area contributed by atoms with Crippen molar-refractivity contribution in [2.45, 2.75) is 20.4 Å². The van der Waals surface area contributed by atoms with Crippen molar-refractivity contribution in [3.8, 4) is 5.75 Å². The smallest absolute Gasteiger partial charge is 0.261 e. The lowest BCUT2D eigenvalue weighted by molar-refractivity contribution is 0.0938. The summed E-state index contributed by atoms with van der Waals surface area (Å²) < 4.78 is 12.8. The SMILES string of the molecule is Cc1cc(C)cc(OCCOCCn2cnc3ccccc3c2=O)c1. The molecule has 0 radical (unpaired) electrons. The summed E-state index contributed by atoms with van der Waals surface area (Å²) in [5.41, 5.74) is 3.03. The van der Waals surface area contributed by atoms with Crippen molar-refractivity contribution in [3.05, 3.63) is 70.3 Å². The molecule has 0 amide bonds. The number of aryl methyl sites for hydroxylation is 2. The summed E-state index contributed by atoms with van der Waals surface area (Å²) in [5, 5.41) is 0.628. The Labute approximate surface area is 146 Å². The first-order valence-corrected chi connectivity index (χ1v) is 8.36. The summed E-state index contributed by atoms with van der Waals surface area (Å²) >= 11 is 0. The van der Waals surface area contributed by atoms with Crippen molar-refractivity contribution < 1.29 is 9.47 Å². The molecule has 0 N–H and O–H groups in total. The Kier molecular flexibility index (Phi) is 5.46. The van der Waals surface area contributed by atoms with Crippen LogP contribution in [0, 0.1) is 13.8 Å². The molecule has 25 heavy (non-hydrogen) atoms. The lowest BCUT2D eigenvalue weighted by atomic mass is 10.1. The highest BCUT2D eigenvalue weighted by molar-refractivity contribution is 5.76. The number of fused-ring (bicyclic) bond motifs is 1. The number of ether oxygens (including phenoxy) is 2. The molecule has 3 aromatic rings. The second-order valence-corrected chi connectivity index (χ2v) is 6.04. The minimum absolute atomic E-state index is 0.0410. The van der Waals surface area contributed by atoms with Gasteiger partial charge in [-0.05, 0) is 49.2 Å². The van der Waals surface area contributed by atoms with Gasteiger partial charge in [0.05, 0.1) is 37.0 Å². The van der Waals surface area contributed by atoms with E-state index in [2.05, 4.69) is 11.1 Å². The normalized spacial score (nSPS) is 11.0. The predicted octanol–water partition coefficient (Wildman–Crippen LogP) is 3.11. The van der Waals surface area contributed by atoms with Gasteiger partial charge in [0, 0.05) is 0 Å². The molecule has 0 saturated carbocycles. The van der Waals surface area contributed by atoms with Gasteiger partial charge in [-0.1, -0.05) is 18.2 Å². The summed E-state index contributed by atoms with van der Waals surface area (Å²) in [6.07, 6.45) is 1.57. The number of para-hydroxylation sites is 1. The maximum absolute atomic E-state index is 12.3. The van der Waals surface area contributed by atoms with Crippen molar-refractivity contribution in [1.29, 1.82) is 0 Å². The van der Waals surface area contributed by atoms with E-state index in [0.29, 0.717) is 37.3 Å². The van der Waals surface area contributed by atoms with Gasteiger partial charge in [0.25, 0.3) is 5.56 Å². The lowest BCUT2D eigenvalue weighted by Gasteiger charge is -2.10. The average Bonchev–Trinajstić information content (AvgIpc) is 2.59. The van der Waals surface area contributed by atoms with Crippen LogP contribution in [0.3, 0.4) is 0 Å². The number of nitrogens with zero attached hydrogens (tertiary/aromatic N) is 2. The van der Waals surface area contributed by atoms with Crippen LogP contribution in [0.25, 0.3) is 10.9 Å². The Hall–Kier alpha value is -2.66. The molecule has 1 heterocycles. The molecular weight excluding hydrogens is 316 g/mol. The minimum Gasteiger partial charge on any atom is -0.491 e. The van der Waals surface area contributed by atoms with Crippen molar-refractivity contribution >= 4 is 10.9 Å². The van der Waals surface area contributed by atoms with Crippen LogP contribution in [0.1, 0.15) is 11.1 Å². The van der Waals surface area contributed by atoms with Crippen LogP contribution in [-0.4, -0.2) is 29.4 Å². The van der Waals surface area contributed by atoms with Crippen molar-refractivity contribution in [2.24, 2.45) is 0 Å². The summed E-state index contributed by atoms with van der Waals surface area (Å²) in [7, 11) is 0. The highest BCUT2D eigenvalue weighted by Gasteiger charge is 2.03. The first-order valence-electron chi connectivity index (χ1n) is 8.36. The van der Waals surface area contributed by atoms with Crippen LogP contribution in [0.4, 0.5) is 0 Å². The molecule has 0 aliphatic heterocycles. The van der Waals surface area contributed by atoms with Crippen LogP contribution in [0.2, 0.25) is 0 Å². The average molecular weight is 338 g/mol. The molecule has 5 heteroatoms. The molecule has 1 aromatic heterocycles. The maximum Gasteiger partial charge on any atom is 0.261 e. The lowest BCUT2D eigenvalue weighted by Crippen LogP contribution is -2.23. The summed E-state index contributed by atoms with van der Waals surface area (Å²) in [6.45, 7) is 5.96. The van der Waals surface area contributed by atoms with Crippen LogP contribution < -0.4 is 10.3 Å². The zero-order valence-electron chi connectivity index (χ0n) is 14.6. The van der Waals surface area contributed by atoms with Gasteiger partial charge in [0.1, 0.15) is 12.4 Å². The molecule has 0 aliphatic rings. The van der Waals surface area contributed by atoms with Gasteiger partial charge in [0.15, 0.2) is 0 Å². The Balaban J connectivity index is 1.46. The molecule has 3 rings (SSSR count). The molecule has 0 unspecified atom stereocenters. The number of hydrogen-bond acceptors (Lipinski definition) is 4. The van der Waals surface area contributed by atoms with Crippen LogP contribution >= 0.6 is 0 Å². The van der Waals surface area contributed by atoms with Crippen molar-refractivity contribution in [3.63, 3.8) is 0 Å². The van der Waals surface area contributed by atoms with E-state index in [4.69, 9.17) is 9.47 Å². The van der Waals surface area contributed by atoms with E-state index in [1.807, 2.05) is 44.2 Å². The highest BCUT2D eigenvalue weighted by Crippen LogP contribution is 2.15. The molecule has 0 saturated heterocycles. The van der Waals surface area contributed by atoms with Crippen LogP contribution in [-0.2, 0) is 11.3 Å². The Morgan fingerprint density at radius 3 is 2.56 bits per heavy atom. The molecule has 2 aromatic carbocycles. The Bertz CT molecular complexity index is 898. The van der Waals surface area contributed by atoms with Gasteiger partial charge in [0.2, 0.25) is 0 Å². The van der Waals surface area contributed by atoms with Gasteiger partial charge in [-0.2, -0.15) is 0 Å². The third kappa shape index (κ3) is 4.45. The van der Waals surface area contributed by atoms with Gasteiger partial charge in [-0.15, -0.1) is 0 Å². The molecule has 0 spiro atoms. The Morgan fingerprint density at radius 1 is 1.00 bits per heavy atom. The van der Waals surface area contributed by atoms with E-state index in [0.717, 1.165) is 5.75 Å². The number of aromatic nitrogens is 2. The van der Waals surface area contributed by atoms with Crippen molar-refractivity contribution in [1.82, 2.24) is 9.55 Å². The minimum atomic E-state index is -0.0410. The van der Waals surface area contributed by atoms with E-state index in [1.165, 1.54) is 11.1 Å². The molecular formula is C20H22N2O3. The third-order valence-corrected chi connectivity index (χ3v) is 3.90. The molecule has 0 fully saturated rings. The quantitative estimate of drug-likeness (QED) is 0.621. The first-order chi connectivity index (χ1) is 12.1. The second-order valence-electron chi connectivity index (χ2n) is 6.04. The standard InChI is InChI=1S/C20H22N2O3/c1-15-11-16(2)13-17(12-15)25-10-9-24-8-7-22-14-21-19-6-4-3-5-18(19)20(22)23/h3-6,11-14H,7-10H2,1-2H3. The highest BCUT2D eigenvalue weighted by atomic mass is 16.5.